The SMILES string of the molecule is COc1ccc(NC(=O)C2(N(C(=O)C[C@@H]3[C@@H](c4c(C)[nH]c5ccccc45)C3(C)C)C3CC3)CCSCC2)c(OC)c1. The first-order valence-electron chi connectivity index (χ1n) is 14.7. The molecule has 0 spiro atoms. The minimum atomic E-state index is -0.861. The Morgan fingerprint density at radius 1 is 1.07 bits per heavy atom. The van der Waals surface area contributed by atoms with Crippen molar-refractivity contribution in [1.29, 1.82) is 0 Å². The van der Waals surface area contributed by atoms with Crippen LogP contribution in [0.1, 0.15) is 63.1 Å². The molecule has 1 aromatic heterocycles. The minimum absolute atomic E-state index is 0.00883. The predicted octanol–water partition coefficient (Wildman–Crippen LogP) is 6.52. The van der Waals surface area contributed by atoms with Crippen LogP contribution in [0.5, 0.6) is 11.5 Å². The number of H-pyrrole nitrogens is 1. The van der Waals surface area contributed by atoms with Gasteiger partial charge in [0.05, 0.1) is 19.9 Å². The summed E-state index contributed by atoms with van der Waals surface area (Å²) in [5.41, 5.74) is 3.42. The fraction of sp³-hybridized carbons (Fsp3) is 0.515. The van der Waals surface area contributed by atoms with E-state index in [4.69, 9.17) is 9.47 Å². The molecule has 2 aliphatic carbocycles. The number of nitrogens with zero attached hydrogens (tertiary/aromatic N) is 1. The van der Waals surface area contributed by atoms with Gasteiger partial charge >= 0.3 is 0 Å². The van der Waals surface area contributed by atoms with Gasteiger partial charge in [-0.25, -0.2) is 0 Å². The Labute approximate surface area is 246 Å². The number of fused-ring (bicyclic) bond motifs is 1. The van der Waals surface area contributed by atoms with E-state index in [1.54, 1.807) is 20.3 Å². The second kappa shape index (κ2) is 10.6. The van der Waals surface area contributed by atoms with E-state index in [1.165, 1.54) is 16.6 Å². The monoisotopic (exact) mass is 575 g/mol. The Bertz CT molecular complexity index is 1470. The fourth-order valence-electron chi connectivity index (χ4n) is 7.24. The molecule has 1 saturated heterocycles. The van der Waals surface area contributed by atoms with Crippen molar-refractivity contribution in [3.05, 3.63) is 53.7 Å². The van der Waals surface area contributed by atoms with Gasteiger partial charge in [-0.3, -0.25) is 9.59 Å². The number of ether oxygens (including phenoxy) is 2. The number of aromatic nitrogens is 1. The molecule has 3 aromatic rings. The highest BCUT2D eigenvalue weighted by atomic mass is 32.2. The maximum atomic E-state index is 14.4. The highest BCUT2D eigenvalue weighted by molar-refractivity contribution is 7.99. The van der Waals surface area contributed by atoms with E-state index >= 15 is 0 Å². The summed E-state index contributed by atoms with van der Waals surface area (Å²) in [5, 5.41) is 4.41. The molecule has 0 bridgehead atoms. The van der Waals surface area contributed by atoms with Gasteiger partial charge in [0.1, 0.15) is 17.0 Å². The molecular weight excluding hydrogens is 534 g/mol. The lowest BCUT2D eigenvalue weighted by Gasteiger charge is -2.45. The van der Waals surface area contributed by atoms with Crippen LogP contribution < -0.4 is 14.8 Å². The van der Waals surface area contributed by atoms with Crippen LogP contribution in [0.3, 0.4) is 0 Å². The molecule has 2 saturated carbocycles. The van der Waals surface area contributed by atoms with Crippen molar-refractivity contribution >= 4 is 40.2 Å². The van der Waals surface area contributed by atoms with Crippen molar-refractivity contribution in [3.63, 3.8) is 0 Å². The maximum absolute atomic E-state index is 14.4. The van der Waals surface area contributed by atoms with Crippen LogP contribution in [-0.4, -0.2) is 59.0 Å². The summed E-state index contributed by atoms with van der Waals surface area (Å²) >= 11 is 1.86. The van der Waals surface area contributed by atoms with Crippen LogP contribution in [0, 0.1) is 18.3 Å². The molecule has 2 amide bonds. The number of aryl methyl sites for hydroxylation is 1. The van der Waals surface area contributed by atoms with E-state index in [9.17, 15) is 9.59 Å². The Hall–Kier alpha value is -3.13. The van der Waals surface area contributed by atoms with Crippen molar-refractivity contribution in [2.75, 3.05) is 31.0 Å². The Morgan fingerprint density at radius 3 is 2.49 bits per heavy atom. The smallest absolute Gasteiger partial charge is 0.250 e. The molecule has 2 aromatic carbocycles. The topological polar surface area (TPSA) is 83.7 Å². The average molecular weight is 576 g/mol. The van der Waals surface area contributed by atoms with E-state index in [0.717, 1.165) is 29.9 Å². The normalized spacial score (nSPS) is 22.7. The lowest BCUT2D eigenvalue weighted by atomic mass is 9.87. The zero-order valence-electron chi connectivity index (χ0n) is 24.7. The Balaban J connectivity index is 1.28. The lowest BCUT2D eigenvalue weighted by Crippen LogP contribution is -2.61. The number of hydrogen-bond acceptors (Lipinski definition) is 5. The third-order valence-electron chi connectivity index (χ3n) is 9.74. The van der Waals surface area contributed by atoms with Gasteiger partial charge in [-0.15, -0.1) is 0 Å². The summed E-state index contributed by atoms with van der Waals surface area (Å²) in [4.78, 5) is 34.2. The minimum Gasteiger partial charge on any atom is -0.497 e. The van der Waals surface area contributed by atoms with E-state index in [1.807, 2.05) is 28.8 Å². The first-order chi connectivity index (χ1) is 19.7. The number of amides is 2. The van der Waals surface area contributed by atoms with Gasteiger partial charge in [0.25, 0.3) is 5.91 Å². The molecule has 0 unspecified atom stereocenters. The van der Waals surface area contributed by atoms with Gasteiger partial charge in [0.15, 0.2) is 0 Å². The number of nitrogens with one attached hydrogen (secondary N) is 2. The number of rotatable bonds is 9. The molecule has 6 rings (SSSR count). The number of benzene rings is 2. The van der Waals surface area contributed by atoms with Gasteiger partial charge in [0, 0.05) is 35.1 Å². The quantitative estimate of drug-likeness (QED) is 0.304. The largest absolute Gasteiger partial charge is 0.497 e. The van der Waals surface area contributed by atoms with Crippen LogP contribution in [0.2, 0.25) is 0 Å². The van der Waals surface area contributed by atoms with Crippen LogP contribution >= 0.6 is 11.8 Å². The number of anilines is 1. The van der Waals surface area contributed by atoms with Crippen molar-refractivity contribution in [2.24, 2.45) is 11.3 Å². The van der Waals surface area contributed by atoms with Crippen molar-refractivity contribution in [2.45, 2.75) is 70.4 Å². The standard InChI is InChI=1S/C33H41N3O4S/c1-20-29(23-8-6-7-9-25(23)34-20)30-24(32(30,2)3)19-28(37)36(21-10-11-21)33(14-16-41-17-15-33)31(38)35-26-13-12-22(39-4)18-27(26)40-5/h6-9,12-13,18,21,24,30,34H,10-11,14-17,19H2,1-5H3,(H,35,38)/t24-,30+/m1/s1. The number of thioether (sulfide) groups is 1. The molecule has 0 radical (unpaired) electrons. The molecule has 7 nitrogen and oxygen atoms in total. The second-order valence-corrected chi connectivity index (χ2v) is 13.7. The molecule has 2 atom stereocenters. The summed E-state index contributed by atoms with van der Waals surface area (Å²) in [6.45, 7) is 6.72. The van der Waals surface area contributed by atoms with Gasteiger partial charge in [-0.2, -0.15) is 11.8 Å². The molecule has 1 aliphatic heterocycles. The van der Waals surface area contributed by atoms with Gasteiger partial charge in [-0.05, 0) is 85.1 Å². The zero-order valence-corrected chi connectivity index (χ0v) is 25.5. The Kier molecular flexibility index (Phi) is 7.25. The first kappa shape index (κ1) is 28.0. The van der Waals surface area contributed by atoms with Crippen molar-refractivity contribution in [1.82, 2.24) is 9.88 Å². The van der Waals surface area contributed by atoms with E-state index in [2.05, 4.69) is 55.3 Å². The third-order valence-corrected chi connectivity index (χ3v) is 10.7. The summed E-state index contributed by atoms with van der Waals surface area (Å²) in [7, 11) is 3.19. The van der Waals surface area contributed by atoms with E-state index < -0.39 is 5.54 Å². The first-order valence-corrected chi connectivity index (χ1v) is 15.9. The maximum Gasteiger partial charge on any atom is 0.250 e. The Morgan fingerprint density at radius 2 is 1.80 bits per heavy atom. The lowest BCUT2D eigenvalue weighted by molar-refractivity contribution is -0.147. The highest BCUT2D eigenvalue weighted by Gasteiger charge is 2.61. The number of carbonyl (C=O) groups is 2. The molecular formula is C33H41N3O4S. The van der Waals surface area contributed by atoms with E-state index in [0.29, 0.717) is 42.4 Å². The molecule has 3 fully saturated rings. The number of methoxy groups -OCH3 is 2. The highest BCUT2D eigenvalue weighted by Crippen LogP contribution is 2.67. The molecule has 3 aliphatic rings. The van der Waals surface area contributed by atoms with Crippen LogP contribution in [-0.2, 0) is 9.59 Å². The second-order valence-electron chi connectivity index (χ2n) is 12.5. The van der Waals surface area contributed by atoms with Crippen molar-refractivity contribution < 1.29 is 19.1 Å². The van der Waals surface area contributed by atoms with Crippen LogP contribution in [0.25, 0.3) is 10.9 Å². The molecule has 8 heteroatoms. The molecule has 2 N–H and O–H groups in total. The van der Waals surface area contributed by atoms with Crippen molar-refractivity contribution in [3.8, 4) is 11.5 Å². The molecule has 218 valence electrons. The third kappa shape index (κ3) is 4.88. The zero-order chi connectivity index (χ0) is 28.9. The van der Waals surface area contributed by atoms with Gasteiger partial charge < -0.3 is 24.7 Å². The number of aromatic amines is 1. The van der Waals surface area contributed by atoms with E-state index in [-0.39, 0.29) is 29.2 Å². The number of para-hydroxylation sites is 1. The van der Waals surface area contributed by atoms with Crippen LogP contribution in [0.4, 0.5) is 5.69 Å². The predicted molar refractivity (Wildman–Crippen MR) is 165 cm³/mol. The van der Waals surface area contributed by atoms with Crippen LogP contribution in [0.15, 0.2) is 42.5 Å². The summed E-state index contributed by atoms with van der Waals surface area (Å²) in [6, 6.07) is 14.0. The summed E-state index contributed by atoms with van der Waals surface area (Å²) < 4.78 is 10.9. The summed E-state index contributed by atoms with van der Waals surface area (Å²) in [6.07, 6.45) is 3.69. The number of hydrogen-bond donors (Lipinski definition) is 2. The van der Waals surface area contributed by atoms with Gasteiger partial charge in [-0.1, -0.05) is 32.0 Å². The fourth-order valence-corrected chi connectivity index (χ4v) is 8.40. The van der Waals surface area contributed by atoms with Gasteiger partial charge in [0.2, 0.25) is 5.91 Å². The molecule has 2 heterocycles. The average Bonchev–Trinajstić information content (AvgIpc) is 3.86. The molecule has 41 heavy (non-hydrogen) atoms. The number of carbonyl (C=O) groups excluding carboxylic acids is 2. The summed E-state index contributed by atoms with van der Waals surface area (Å²) in [5.74, 6) is 3.46.